The molecule has 1 saturated carbocycles. The van der Waals surface area contributed by atoms with Gasteiger partial charge in [-0.25, -0.2) is 0 Å². The lowest BCUT2D eigenvalue weighted by molar-refractivity contribution is -0.199. The molecule has 0 saturated heterocycles. The van der Waals surface area contributed by atoms with Gasteiger partial charge in [0.25, 0.3) is 0 Å². The van der Waals surface area contributed by atoms with Crippen LogP contribution in [0.2, 0.25) is 0 Å². The SMILES string of the molecule is O=C(O)[C@H]1[C@H](C(F)(F)F)[C@H]2C=C[C@@H]1C2. The first-order chi connectivity index (χ1) is 6.41. The minimum atomic E-state index is -4.40. The zero-order chi connectivity index (χ0) is 10.5. The van der Waals surface area contributed by atoms with E-state index in [4.69, 9.17) is 5.11 Å². The Morgan fingerprint density at radius 3 is 2.29 bits per heavy atom. The third-order valence-electron chi connectivity index (χ3n) is 3.12. The highest BCUT2D eigenvalue weighted by molar-refractivity contribution is 5.72. The van der Waals surface area contributed by atoms with E-state index in [9.17, 15) is 18.0 Å². The largest absolute Gasteiger partial charge is 0.481 e. The maximum Gasteiger partial charge on any atom is 0.393 e. The molecule has 0 radical (unpaired) electrons. The molecule has 2 aliphatic rings. The first kappa shape index (κ1) is 9.55. The van der Waals surface area contributed by atoms with Crippen LogP contribution in [-0.2, 0) is 4.79 Å². The van der Waals surface area contributed by atoms with E-state index in [1.807, 2.05) is 0 Å². The molecular weight excluding hydrogens is 197 g/mol. The van der Waals surface area contributed by atoms with Gasteiger partial charge in [-0.2, -0.15) is 13.2 Å². The van der Waals surface area contributed by atoms with Crippen LogP contribution >= 0.6 is 0 Å². The van der Waals surface area contributed by atoms with E-state index in [2.05, 4.69) is 0 Å². The minimum Gasteiger partial charge on any atom is -0.481 e. The Kier molecular flexibility index (Phi) is 1.87. The molecule has 1 fully saturated rings. The molecule has 14 heavy (non-hydrogen) atoms. The molecule has 0 aromatic heterocycles. The molecule has 0 aromatic rings. The Labute approximate surface area is 78.4 Å². The fraction of sp³-hybridized carbons (Fsp3) is 0.667. The molecule has 2 nitrogen and oxygen atoms in total. The number of allylic oxidation sites excluding steroid dienone is 2. The number of hydrogen-bond acceptors (Lipinski definition) is 1. The molecule has 0 aromatic carbocycles. The summed E-state index contributed by atoms with van der Waals surface area (Å²) >= 11 is 0. The number of carboxylic acids is 1. The second-order valence-corrected chi connectivity index (χ2v) is 3.88. The number of carboxylic acid groups (broad SMARTS) is 1. The van der Waals surface area contributed by atoms with E-state index in [1.54, 1.807) is 6.08 Å². The van der Waals surface area contributed by atoms with Crippen molar-refractivity contribution in [1.29, 1.82) is 0 Å². The van der Waals surface area contributed by atoms with Crippen molar-refractivity contribution in [3.05, 3.63) is 12.2 Å². The first-order valence-corrected chi connectivity index (χ1v) is 4.39. The zero-order valence-corrected chi connectivity index (χ0v) is 7.16. The van der Waals surface area contributed by atoms with Crippen molar-refractivity contribution in [2.75, 3.05) is 0 Å². The van der Waals surface area contributed by atoms with Gasteiger partial charge >= 0.3 is 12.1 Å². The smallest absolute Gasteiger partial charge is 0.393 e. The fourth-order valence-corrected chi connectivity index (χ4v) is 2.61. The minimum absolute atomic E-state index is 0.334. The van der Waals surface area contributed by atoms with Crippen molar-refractivity contribution in [3.8, 4) is 0 Å². The predicted molar refractivity (Wildman–Crippen MR) is 41.4 cm³/mol. The third kappa shape index (κ3) is 1.22. The lowest BCUT2D eigenvalue weighted by Crippen LogP contribution is -2.37. The van der Waals surface area contributed by atoms with E-state index in [0.29, 0.717) is 6.42 Å². The summed E-state index contributed by atoms with van der Waals surface area (Å²) in [7, 11) is 0. The molecule has 0 heterocycles. The van der Waals surface area contributed by atoms with Crippen LogP contribution < -0.4 is 0 Å². The summed E-state index contributed by atoms with van der Waals surface area (Å²) in [5, 5.41) is 8.74. The number of rotatable bonds is 1. The summed E-state index contributed by atoms with van der Waals surface area (Å²) < 4.78 is 37.6. The molecule has 2 bridgehead atoms. The lowest BCUT2D eigenvalue weighted by Gasteiger charge is -2.26. The summed E-state index contributed by atoms with van der Waals surface area (Å²) in [5.74, 6) is -5.34. The molecule has 2 aliphatic carbocycles. The van der Waals surface area contributed by atoms with Crippen LogP contribution in [0.4, 0.5) is 13.2 Å². The normalized spacial score (nSPS) is 40.5. The van der Waals surface area contributed by atoms with Gasteiger partial charge in [0.2, 0.25) is 0 Å². The van der Waals surface area contributed by atoms with E-state index in [0.717, 1.165) is 0 Å². The standard InChI is InChI=1S/C9H9F3O2/c10-9(11,12)7-5-2-1-4(3-5)6(7)8(13)14/h1-2,4-7H,3H2,(H,13,14)/t4-,5+,6-,7-/m1/s1. The van der Waals surface area contributed by atoms with Gasteiger partial charge in [0.15, 0.2) is 0 Å². The number of alkyl halides is 3. The average molecular weight is 206 g/mol. The Balaban J connectivity index is 2.31. The van der Waals surface area contributed by atoms with Crippen LogP contribution in [-0.4, -0.2) is 17.3 Å². The summed E-state index contributed by atoms with van der Waals surface area (Å²) in [4.78, 5) is 10.7. The monoisotopic (exact) mass is 206 g/mol. The predicted octanol–water partition coefficient (Wildman–Crippen LogP) is 2.07. The molecule has 2 rings (SSSR count). The van der Waals surface area contributed by atoms with E-state index < -0.39 is 35.8 Å². The third-order valence-corrected chi connectivity index (χ3v) is 3.12. The maximum absolute atomic E-state index is 12.5. The van der Waals surface area contributed by atoms with Crippen LogP contribution in [0.3, 0.4) is 0 Å². The number of halogens is 3. The van der Waals surface area contributed by atoms with Crippen LogP contribution in [0, 0.1) is 23.7 Å². The molecule has 5 heteroatoms. The van der Waals surface area contributed by atoms with Crippen molar-refractivity contribution < 1.29 is 23.1 Å². The van der Waals surface area contributed by atoms with Crippen LogP contribution in [0.15, 0.2) is 12.2 Å². The zero-order valence-electron chi connectivity index (χ0n) is 7.16. The highest BCUT2D eigenvalue weighted by Crippen LogP contribution is 2.54. The highest BCUT2D eigenvalue weighted by atomic mass is 19.4. The molecule has 0 aliphatic heterocycles. The first-order valence-electron chi connectivity index (χ1n) is 4.39. The quantitative estimate of drug-likeness (QED) is 0.667. The second-order valence-electron chi connectivity index (χ2n) is 3.88. The summed E-state index contributed by atoms with van der Waals surface area (Å²) in [6, 6.07) is 0. The molecule has 1 N–H and O–H groups in total. The Bertz CT molecular complexity index is 295. The highest BCUT2D eigenvalue weighted by Gasteiger charge is 2.59. The lowest BCUT2D eigenvalue weighted by atomic mass is 9.82. The molecule has 0 spiro atoms. The van der Waals surface area contributed by atoms with Crippen LogP contribution in [0.5, 0.6) is 0 Å². The van der Waals surface area contributed by atoms with Crippen LogP contribution in [0.1, 0.15) is 6.42 Å². The molecule has 0 amide bonds. The van der Waals surface area contributed by atoms with Gasteiger partial charge in [-0.15, -0.1) is 0 Å². The van der Waals surface area contributed by atoms with Gasteiger partial charge < -0.3 is 5.11 Å². The van der Waals surface area contributed by atoms with Gasteiger partial charge in [0.1, 0.15) is 0 Å². The van der Waals surface area contributed by atoms with Gasteiger partial charge in [-0.3, -0.25) is 4.79 Å². The van der Waals surface area contributed by atoms with Gasteiger partial charge in [-0.05, 0) is 18.3 Å². The Hall–Kier alpha value is -1.00. The summed E-state index contributed by atoms with van der Waals surface area (Å²) in [6.45, 7) is 0. The van der Waals surface area contributed by atoms with Crippen molar-refractivity contribution in [2.45, 2.75) is 12.6 Å². The Morgan fingerprint density at radius 2 is 1.86 bits per heavy atom. The van der Waals surface area contributed by atoms with Crippen molar-refractivity contribution >= 4 is 5.97 Å². The molecule has 78 valence electrons. The van der Waals surface area contributed by atoms with Crippen molar-refractivity contribution in [1.82, 2.24) is 0 Å². The average Bonchev–Trinajstić information content (AvgIpc) is 2.58. The fourth-order valence-electron chi connectivity index (χ4n) is 2.61. The van der Waals surface area contributed by atoms with Crippen molar-refractivity contribution in [3.63, 3.8) is 0 Å². The number of fused-ring (bicyclic) bond motifs is 2. The van der Waals surface area contributed by atoms with Gasteiger partial charge in [0.05, 0.1) is 11.8 Å². The van der Waals surface area contributed by atoms with Crippen LogP contribution in [0.25, 0.3) is 0 Å². The molecular formula is C9H9F3O2. The Morgan fingerprint density at radius 1 is 1.29 bits per heavy atom. The number of carbonyl (C=O) groups is 1. The van der Waals surface area contributed by atoms with E-state index in [1.165, 1.54) is 6.08 Å². The van der Waals surface area contributed by atoms with E-state index >= 15 is 0 Å². The molecule has 0 unspecified atom stereocenters. The topological polar surface area (TPSA) is 37.3 Å². The second kappa shape index (κ2) is 2.74. The van der Waals surface area contributed by atoms with E-state index in [-0.39, 0.29) is 0 Å². The summed E-state index contributed by atoms with van der Waals surface area (Å²) in [6.07, 6.45) is -0.956. The number of hydrogen-bond donors (Lipinski definition) is 1. The van der Waals surface area contributed by atoms with Gasteiger partial charge in [0, 0.05) is 0 Å². The molecule has 4 atom stereocenters. The van der Waals surface area contributed by atoms with Gasteiger partial charge in [-0.1, -0.05) is 12.2 Å². The van der Waals surface area contributed by atoms with Crippen molar-refractivity contribution in [2.24, 2.45) is 23.7 Å². The summed E-state index contributed by atoms with van der Waals surface area (Å²) in [5.41, 5.74) is 0. The maximum atomic E-state index is 12.5. The number of aliphatic carboxylic acids is 1.